The quantitative estimate of drug-likeness (QED) is 0.280. The van der Waals surface area contributed by atoms with Gasteiger partial charge in [0.25, 0.3) is 0 Å². The molecule has 12 aliphatic rings. The second-order valence-corrected chi connectivity index (χ2v) is 31.0. The van der Waals surface area contributed by atoms with Crippen LogP contribution in [0.3, 0.4) is 0 Å². The summed E-state index contributed by atoms with van der Waals surface area (Å²) in [5.74, 6) is 9.93. The Hall–Kier alpha value is -2.00. The summed E-state index contributed by atoms with van der Waals surface area (Å²) in [7, 11) is 8.01. The van der Waals surface area contributed by atoms with Crippen LogP contribution in [0.4, 0.5) is 0 Å². The summed E-state index contributed by atoms with van der Waals surface area (Å²) in [6.45, 7) is 26.4. The number of hydrogen-bond acceptors (Lipinski definition) is 6. The summed E-state index contributed by atoms with van der Waals surface area (Å²) < 4.78 is 5.98. The average molecular weight is 999 g/mol. The van der Waals surface area contributed by atoms with Crippen LogP contribution in [0.1, 0.15) is 211 Å². The third kappa shape index (κ3) is 8.11. The van der Waals surface area contributed by atoms with E-state index >= 15 is 0 Å². The van der Waals surface area contributed by atoms with Crippen molar-refractivity contribution in [1.29, 1.82) is 0 Å². The minimum Gasteiger partial charge on any atom is -0.390 e. The van der Waals surface area contributed by atoms with Gasteiger partial charge in [-0.25, -0.2) is 0 Å². The van der Waals surface area contributed by atoms with Crippen molar-refractivity contribution in [3.05, 3.63) is 0 Å². The number of carbonyl (C=O) groups excluding carboxylic acids is 4. The zero-order chi connectivity index (χ0) is 52.3. The lowest BCUT2D eigenvalue weighted by Crippen LogP contribution is -2.62. The number of hydrogen-bond donors (Lipinski definition) is 1. The fourth-order valence-electron chi connectivity index (χ4n) is 23.2. The molecule has 3 heterocycles. The monoisotopic (exact) mass is 998 g/mol. The normalized spacial score (nSPS) is 55.3. The number of ketones is 1. The Labute approximate surface area is 437 Å². The molecule has 406 valence electrons. The second-order valence-electron chi connectivity index (χ2n) is 31.0. The van der Waals surface area contributed by atoms with E-state index in [1.807, 2.05) is 21.2 Å². The van der Waals surface area contributed by atoms with Crippen molar-refractivity contribution in [2.75, 3.05) is 28.3 Å². The molecule has 0 aromatic carbocycles. The topological polar surface area (TPSA) is 107 Å². The maximum atomic E-state index is 12.3. The summed E-state index contributed by atoms with van der Waals surface area (Å²) >= 11 is 0. The number of Topliss-reactive ketones (excluding diaryl/α,β-unsaturated/α-hetero) is 1. The van der Waals surface area contributed by atoms with E-state index in [4.69, 9.17) is 4.74 Å². The number of piperidine rings is 3. The first-order chi connectivity index (χ1) is 33.5. The summed E-state index contributed by atoms with van der Waals surface area (Å²) in [4.78, 5) is 55.3. The van der Waals surface area contributed by atoms with Gasteiger partial charge in [-0.15, -0.1) is 0 Å². The molecule has 9 heteroatoms. The van der Waals surface area contributed by atoms with Crippen molar-refractivity contribution in [1.82, 2.24) is 14.7 Å². The minimum absolute atomic E-state index is 0.0606. The fourth-order valence-corrected chi connectivity index (χ4v) is 23.2. The lowest BCUT2D eigenvalue weighted by atomic mass is 9.45. The largest absolute Gasteiger partial charge is 0.390 e. The molecule has 9 aliphatic carbocycles. The van der Waals surface area contributed by atoms with Crippen LogP contribution in [0.2, 0.25) is 0 Å². The van der Waals surface area contributed by atoms with Crippen LogP contribution < -0.4 is 0 Å². The summed E-state index contributed by atoms with van der Waals surface area (Å²) in [6, 6.07) is 1.27. The van der Waals surface area contributed by atoms with E-state index < -0.39 is 5.60 Å². The number of rotatable bonds is 1. The molecule has 1 N–H and O–H groups in total. The first-order valence-corrected chi connectivity index (χ1v) is 30.0. The molecule has 9 nitrogen and oxygen atoms in total. The maximum Gasteiger partial charge on any atom is 0.222 e. The van der Waals surface area contributed by atoms with Crippen molar-refractivity contribution >= 4 is 23.5 Å². The molecule has 0 radical (unpaired) electrons. The van der Waals surface area contributed by atoms with Gasteiger partial charge in [-0.2, -0.15) is 0 Å². The van der Waals surface area contributed by atoms with Gasteiger partial charge >= 0.3 is 0 Å². The third-order valence-corrected chi connectivity index (χ3v) is 26.8. The van der Waals surface area contributed by atoms with Crippen molar-refractivity contribution < 1.29 is 29.0 Å². The highest BCUT2D eigenvalue weighted by molar-refractivity contribution is 5.82. The van der Waals surface area contributed by atoms with E-state index in [9.17, 15) is 24.3 Å². The predicted octanol–water partition coefficient (Wildman–Crippen LogP) is 12.0. The average Bonchev–Trinajstić information content (AvgIpc) is 3.89. The van der Waals surface area contributed by atoms with E-state index in [0.29, 0.717) is 112 Å². The van der Waals surface area contributed by atoms with Gasteiger partial charge in [-0.1, -0.05) is 62.3 Å². The Morgan fingerprint density at radius 2 is 0.847 bits per heavy atom. The van der Waals surface area contributed by atoms with E-state index in [0.717, 1.165) is 94.3 Å². The van der Waals surface area contributed by atoms with E-state index in [2.05, 4.69) is 97.9 Å². The van der Waals surface area contributed by atoms with Gasteiger partial charge < -0.3 is 24.5 Å². The van der Waals surface area contributed by atoms with Crippen LogP contribution in [0, 0.1) is 104 Å². The Balaban J connectivity index is 0.000000124. The smallest absolute Gasteiger partial charge is 0.222 e. The highest BCUT2D eigenvalue weighted by atomic mass is 16.5. The van der Waals surface area contributed by atoms with Crippen molar-refractivity contribution in [3.63, 3.8) is 0 Å². The summed E-state index contributed by atoms with van der Waals surface area (Å²) in [5, 5.41) is 10.8. The molecule has 0 aromatic rings. The molecular weight excluding hydrogens is 895 g/mol. The van der Waals surface area contributed by atoms with Gasteiger partial charge in [0.15, 0.2) is 0 Å². The Morgan fingerprint density at radius 3 is 1.25 bits per heavy atom. The van der Waals surface area contributed by atoms with Crippen molar-refractivity contribution in [3.8, 4) is 0 Å². The molecule has 3 aliphatic heterocycles. The number of carbonyl (C=O) groups is 4. The van der Waals surface area contributed by atoms with Gasteiger partial charge in [-0.3, -0.25) is 19.2 Å². The molecule has 0 bridgehead atoms. The predicted molar refractivity (Wildman–Crippen MR) is 285 cm³/mol. The lowest BCUT2D eigenvalue weighted by molar-refractivity contribution is -0.165. The molecule has 12 rings (SSSR count). The zero-order valence-corrected chi connectivity index (χ0v) is 48.3. The molecule has 3 saturated heterocycles. The van der Waals surface area contributed by atoms with Crippen LogP contribution >= 0.6 is 0 Å². The Kier molecular flexibility index (Phi) is 13.2. The number of aliphatic hydroxyl groups is 1. The minimum atomic E-state index is -0.481. The molecular formula is C63H103N3O6. The van der Waals surface area contributed by atoms with Gasteiger partial charge in [0, 0.05) is 78.5 Å². The summed E-state index contributed by atoms with van der Waals surface area (Å²) in [5.41, 5.74) is 1.44. The third-order valence-electron chi connectivity index (χ3n) is 26.8. The second kappa shape index (κ2) is 17.8. The van der Waals surface area contributed by atoms with Crippen LogP contribution in [0.25, 0.3) is 0 Å². The number of fused-ring (bicyclic) bond motifs is 15. The van der Waals surface area contributed by atoms with Gasteiger partial charge in [-0.05, 0) is 220 Å². The molecule has 23 atom stereocenters. The lowest BCUT2D eigenvalue weighted by Gasteiger charge is -2.63. The molecule has 0 aromatic heterocycles. The molecule has 9 saturated carbocycles. The first-order valence-electron chi connectivity index (χ1n) is 30.0. The Morgan fingerprint density at radius 1 is 0.486 bits per heavy atom. The molecule has 12 fully saturated rings. The number of ether oxygens (including phenoxy) is 1. The SMILES string of the molecule is COC1(C)CC2C3C(CC[C@]2(C)C1)[C@@]1(C)CCC(=O)N(C)C1C[C@@H]3C.C[C@H]1CC2N(C)C(=O)CC[C@]2(C)C2CC[C@]3(C)CC(=O)CC3C21.C[C@H]1CC2N(C)C(=O)CC[C@]2(C)C2CC[C@]3(C)C[C@@](C)(O)CC3C21. The van der Waals surface area contributed by atoms with E-state index in [-0.39, 0.29) is 21.8 Å². The van der Waals surface area contributed by atoms with Gasteiger partial charge in [0.1, 0.15) is 5.78 Å². The maximum absolute atomic E-state index is 12.3. The number of amides is 3. The van der Waals surface area contributed by atoms with E-state index in [1.54, 1.807) is 0 Å². The van der Waals surface area contributed by atoms with E-state index in [1.165, 1.54) is 57.8 Å². The fraction of sp³-hybridized carbons (Fsp3) is 0.937. The highest BCUT2D eigenvalue weighted by Gasteiger charge is 2.66. The number of nitrogens with zero attached hydrogens (tertiary/aromatic N) is 3. The Bertz CT molecular complexity index is 2160. The number of likely N-dealkylation sites (tertiary alicyclic amines) is 3. The molecule has 0 spiro atoms. The van der Waals surface area contributed by atoms with Crippen molar-refractivity contribution in [2.45, 2.75) is 240 Å². The van der Waals surface area contributed by atoms with Crippen LogP contribution in [-0.2, 0) is 23.9 Å². The zero-order valence-electron chi connectivity index (χ0n) is 48.3. The number of methoxy groups -OCH3 is 1. The van der Waals surface area contributed by atoms with Crippen LogP contribution in [-0.4, -0.2) is 101 Å². The van der Waals surface area contributed by atoms with Gasteiger partial charge in [0.2, 0.25) is 17.7 Å². The summed E-state index contributed by atoms with van der Waals surface area (Å²) in [6.07, 6.45) is 22.6. The standard InChI is InChI=1S/C22H37NO2.C21H35NO2.C20H31NO2/c1-14-11-17-22(4,10-8-18(24)23(17)5)15-7-9-20(2)13-21(3,25-6)12-16(20)19(14)15;1-13-10-16-21(4,9-7-17(23)22(16)5)14-6-8-19(2)12-20(3,24)11-15(19)18(13)14;1-12-9-16-20(3,8-6-17(23)21(16)4)14-5-7-19(2)11-13(22)10-15(19)18(12)14/h14-17,19H,7-13H2,1-6H3;13-16,18,24H,6-12H2,1-5H3;12,14-16,18H,5-11H2,1-4H3/t14-,15?,16?,17?,19?,20+,21?,22+;13-,14?,15?,16?,18?,19+,20-,21+;12-,14?,15?,16?,18?,19+,20+/m000/s1. The van der Waals surface area contributed by atoms with Crippen LogP contribution in [0.5, 0.6) is 0 Å². The highest BCUT2D eigenvalue weighted by Crippen LogP contribution is 2.70. The molecule has 13 unspecified atom stereocenters. The first kappa shape index (κ1) is 53.4. The van der Waals surface area contributed by atoms with Crippen molar-refractivity contribution in [2.24, 2.45) is 104 Å². The van der Waals surface area contributed by atoms with Crippen LogP contribution in [0.15, 0.2) is 0 Å². The van der Waals surface area contributed by atoms with Gasteiger partial charge in [0.05, 0.1) is 11.2 Å². The molecule has 72 heavy (non-hydrogen) atoms. The molecule has 3 amide bonds.